The molecule has 1 unspecified atom stereocenters. The van der Waals surface area contributed by atoms with Gasteiger partial charge in [-0.05, 0) is 17.7 Å². The van der Waals surface area contributed by atoms with Crippen LogP contribution in [0.15, 0.2) is 24.8 Å². The van der Waals surface area contributed by atoms with E-state index in [-0.39, 0.29) is 11.3 Å². The van der Waals surface area contributed by atoms with Gasteiger partial charge in [-0.2, -0.15) is 0 Å². The van der Waals surface area contributed by atoms with Crippen molar-refractivity contribution in [3.8, 4) is 17.2 Å². The molecule has 0 saturated carbocycles. The quantitative estimate of drug-likeness (QED) is 0.812. The average Bonchev–Trinajstić information content (AvgIpc) is 3.22. The molecule has 3 rings (SSSR count). The summed E-state index contributed by atoms with van der Waals surface area (Å²) in [5, 5.41) is 8.90. The van der Waals surface area contributed by atoms with Crippen molar-refractivity contribution < 1.29 is 19.0 Å². The fraction of sp³-hybridized carbons (Fsp3) is 0.357. The fourth-order valence-corrected chi connectivity index (χ4v) is 3.58. The molecule has 1 aromatic carbocycles. The highest BCUT2D eigenvalue weighted by Gasteiger charge is 2.35. The monoisotopic (exact) mass is 336 g/mol. The molecule has 9 heteroatoms. The number of methoxy groups -OCH3 is 3. The molecule has 0 radical (unpaired) electrons. The van der Waals surface area contributed by atoms with Gasteiger partial charge in [-0.1, -0.05) is 0 Å². The second kappa shape index (κ2) is 6.37. The van der Waals surface area contributed by atoms with Crippen molar-refractivity contribution in [2.45, 2.75) is 5.37 Å². The predicted octanol–water partition coefficient (Wildman–Crippen LogP) is 1.21. The molecular formula is C14H16N4O4S. The van der Waals surface area contributed by atoms with E-state index in [1.165, 1.54) is 24.4 Å². The van der Waals surface area contributed by atoms with E-state index in [0.717, 1.165) is 5.56 Å². The highest BCUT2D eigenvalue weighted by atomic mass is 32.2. The van der Waals surface area contributed by atoms with E-state index in [9.17, 15) is 4.79 Å². The summed E-state index contributed by atoms with van der Waals surface area (Å²) in [5.74, 6) is 1.97. The maximum absolute atomic E-state index is 12.2. The largest absolute Gasteiger partial charge is 0.493 e. The smallest absolute Gasteiger partial charge is 0.252 e. The predicted molar refractivity (Wildman–Crippen MR) is 84.5 cm³/mol. The summed E-state index contributed by atoms with van der Waals surface area (Å²) in [6.07, 6.45) is 2.99. The van der Waals surface area contributed by atoms with Crippen molar-refractivity contribution in [1.82, 2.24) is 14.9 Å². The maximum Gasteiger partial charge on any atom is 0.252 e. The number of hydrogen-bond donors (Lipinski definition) is 0. The van der Waals surface area contributed by atoms with Crippen LogP contribution < -0.4 is 19.2 Å². The van der Waals surface area contributed by atoms with Gasteiger partial charge >= 0.3 is 0 Å². The number of rotatable bonds is 5. The number of amides is 1. The Balaban J connectivity index is 2.05. The van der Waals surface area contributed by atoms with Crippen LogP contribution in [0.1, 0.15) is 10.9 Å². The van der Waals surface area contributed by atoms with Gasteiger partial charge in [-0.25, -0.2) is 9.69 Å². The first-order valence-corrected chi connectivity index (χ1v) is 7.83. The summed E-state index contributed by atoms with van der Waals surface area (Å²) in [4.78, 5) is 12.2. The van der Waals surface area contributed by atoms with Crippen LogP contribution in [0.2, 0.25) is 0 Å². The van der Waals surface area contributed by atoms with Crippen LogP contribution in [-0.2, 0) is 4.79 Å². The lowest BCUT2D eigenvalue weighted by molar-refractivity contribution is -0.117. The molecule has 1 aromatic heterocycles. The first-order valence-electron chi connectivity index (χ1n) is 6.78. The lowest BCUT2D eigenvalue weighted by Gasteiger charge is -2.25. The fourth-order valence-electron chi connectivity index (χ4n) is 2.46. The molecule has 1 amide bonds. The van der Waals surface area contributed by atoms with Crippen molar-refractivity contribution in [3.63, 3.8) is 0 Å². The van der Waals surface area contributed by atoms with Crippen LogP contribution in [0.25, 0.3) is 0 Å². The first kappa shape index (κ1) is 15.5. The van der Waals surface area contributed by atoms with Crippen LogP contribution in [0.5, 0.6) is 17.2 Å². The minimum Gasteiger partial charge on any atom is -0.493 e. The molecule has 122 valence electrons. The topological polar surface area (TPSA) is 78.7 Å². The number of thioether (sulfide) groups is 1. The molecule has 2 heterocycles. The second-order valence-electron chi connectivity index (χ2n) is 4.70. The molecule has 1 saturated heterocycles. The lowest BCUT2D eigenvalue weighted by atomic mass is 10.1. The summed E-state index contributed by atoms with van der Waals surface area (Å²) in [6, 6.07) is 3.68. The van der Waals surface area contributed by atoms with E-state index in [1.807, 2.05) is 12.1 Å². The van der Waals surface area contributed by atoms with E-state index in [1.54, 1.807) is 31.0 Å². The summed E-state index contributed by atoms with van der Waals surface area (Å²) < 4.78 is 17.7. The number of aromatic nitrogens is 3. The average molecular weight is 336 g/mol. The van der Waals surface area contributed by atoms with Gasteiger partial charge in [0.2, 0.25) is 5.75 Å². The Hall–Kier alpha value is -2.42. The van der Waals surface area contributed by atoms with Crippen molar-refractivity contribution in [3.05, 3.63) is 30.4 Å². The van der Waals surface area contributed by atoms with Gasteiger partial charge in [0.05, 0.1) is 27.1 Å². The molecule has 8 nitrogen and oxygen atoms in total. The summed E-state index contributed by atoms with van der Waals surface area (Å²) >= 11 is 1.51. The van der Waals surface area contributed by atoms with Crippen molar-refractivity contribution in [2.24, 2.45) is 0 Å². The van der Waals surface area contributed by atoms with Crippen LogP contribution in [0.4, 0.5) is 0 Å². The molecule has 1 atom stereocenters. The third kappa shape index (κ3) is 2.67. The van der Waals surface area contributed by atoms with Crippen molar-refractivity contribution in [2.75, 3.05) is 32.1 Å². The Morgan fingerprint density at radius 3 is 2.22 bits per heavy atom. The molecule has 0 spiro atoms. The molecule has 1 fully saturated rings. The van der Waals surface area contributed by atoms with E-state index >= 15 is 0 Å². The van der Waals surface area contributed by atoms with E-state index in [4.69, 9.17) is 14.2 Å². The van der Waals surface area contributed by atoms with Gasteiger partial charge in [0.1, 0.15) is 18.0 Å². The van der Waals surface area contributed by atoms with Crippen molar-refractivity contribution >= 4 is 17.7 Å². The van der Waals surface area contributed by atoms with Crippen molar-refractivity contribution in [1.29, 1.82) is 0 Å². The van der Waals surface area contributed by atoms with Gasteiger partial charge in [0.25, 0.3) is 5.91 Å². The summed E-state index contributed by atoms with van der Waals surface area (Å²) in [6.45, 7) is 0. The summed E-state index contributed by atoms with van der Waals surface area (Å²) in [5.41, 5.74) is 0.865. The third-order valence-electron chi connectivity index (χ3n) is 3.47. The molecule has 2 aromatic rings. The van der Waals surface area contributed by atoms with E-state index < -0.39 is 0 Å². The normalized spacial score (nSPS) is 17.4. The van der Waals surface area contributed by atoms with Gasteiger partial charge in [-0.3, -0.25) is 4.79 Å². The standard InChI is InChI=1S/C14H16N4O4S/c1-20-10-4-9(5-11(21-2)13(10)22-3)14-18(12(19)6-23-14)17-7-15-16-8-17/h4-5,7-8,14H,6H2,1-3H3. The molecule has 1 aliphatic rings. The van der Waals surface area contributed by atoms with Gasteiger partial charge in [-0.15, -0.1) is 22.0 Å². The Kier molecular flexibility index (Phi) is 4.28. The zero-order valence-electron chi connectivity index (χ0n) is 12.9. The molecule has 0 bridgehead atoms. The first-order chi connectivity index (χ1) is 11.2. The highest BCUT2D eigenvalue weighted by Crippen LogP contribution is 2.44. The number of hydrogen-bond acceptors (Lipinski definition) is 7. The molecule has 0 N–H and O–H groups in total. The minimum atomic E-state index is -0.229. The second-order valence-corrected chi connectivity index (χ2v) is 5.77. The van der Waals surface area contributed by atoms with Crippen LogP contribution in [0.3, 0.4) is 0 Å². The van der Waals surface area contributed by atoms with Crippen LogP contribution in [0, 0.1) is 0 Å². The molecule has 0 aliphatic carbocycles. The zero-order chi connectivity index (χ0) is 16.4. The number of benzene rings is 1. The number of ether oxygens (including phenoxy) is 3. The number of carbonyl (C=O) groups excluding carboxylic acids is 1. The van der Waals surface area contributed by atoms with Gasteiger partial charge in [0, 0.05) is 0 Å². The number of nitrogens with zero attached hydrogens (tertiary/aromatic N) is 4. The highest BCUT2D eigenvalue weighted by molar-refractivity contribution is 8.00. The van der Waals surface area contributed by atoms with Crippen LogP contribution in [-0.4, -0.2) is 47.9 Å². The van der Waals surface area contributed by atoms with E-state index in [2.05, 4.69) is 10.2 Å². The molecular weight excluding hydrogens is 320 g/mol. The lowest BCUT2D eigenvalue weighted by Crippen LogP contribution is -2.37. The van der Waals surface area contributed by atoms with Gasteiger partial charge < -0.3 is 14.2 Å². The molecule has 23 heavy (non-hydrogen) atoms. The summed E-state index contributed by atoms with van der Waals surface area (Å²) in [7, 11) is 4.68. The number of carbonyl (C=O) groups is 1. The Morgan fingerprint density at radius 1 is 1.09 bits per heavy atom. The Morgan fingerprint density at radius 2 is 1.70 bits per heavy atom. The SMILES string of the molecule is COc1cc(C2SCC(=O)N2n2cnnc2)cc(OC)c1OC. The minimum absolute atomic E-state index is 0.0199. The zero-order valence-corrected chi connectivity index (χ0v) is 13.7. The third-order valence-corrected chi connectivity index (χ3v) is 4.67. The maximum atomic E-state index is 12.2. The Bertz CT molecular complexity index is 682. The van der Waals surface area contributed by atoms with Gasteiger partial charge in [0.15, 0.2) is 11.5 Å². The molecule has 1 aliphatic heterocycles. The van der Waals surface area contributed by atoms with Crippen LogP contribution >= 0.6 is 11.8 Å². The Labute approximate surface area is 137 Å². The van der Waals surface area contributed by atoms with E-state index in [0.29, 0.717) is 23.0 Å².